The Morgan fingerprint density at radius 2 is 1.75 bits per heavy atom. The molecule has 1 fully saturated rings. The van der Waals surface area contributed by atoms with E-state index in [2.05, 4.69) is 10.1 Å². The summed E-state index contributed by atoms with van der Waals surface area (Å²) in [5, 5.41) is 3.84. The van der Waals surface area contributed by atoms with Crippen molar-refractivity contribution < 1.29 is 13.8 Å². The first kappa shape index (κ1) is 13.3. The van der Waals surface area contributed by atoms with Crippen LogP contribution in [0.4, 0.5) is 0 Å². The molecule has 1 aromatic heterocycles. The van der Waals surface area contributed by atoms with Gasteiger partial charge in [0.15, 0.2) is 0 Å². The topological polar surface area (TPSA) is 57.4 Å². The second kappa shape index (κ2) is 4.43. The summed E-state index contributed by atoms with van der Waals surface area (Å²) in [4.78, 5) is 4.05. The normalized spacial score (nSPS) is 20.3. The van der Waals surface area contributed by atoms with Crippen LogP contribution in [0.1, 0.15) is 27.7 Å². The highest BCUT2D eigenvalue weighted by atomic mass is 16.7. The van der Waals surface area contributed by atoms with Gasteiger partial charge >= 0.3 is 7.12 Å². The molecule has 0 aliphatic carbocycles. The number of hydrogen-bond donors (Lipinski definition) is 0. The third-order valence-electron chi connectivity index (χ3n) is 4.03. The van der Waals surface area contributed by atoms with Gasteiger partial charge in [-0.3, -0.25) is 0 Å². The molecule has 0 unspecified atom stereocenters. The van der Waals surface area contributed by atoms with Gasteiger partial charge in [0, 0.05) is 5.56 Å². The summed E-state index contributed by atoms with van der Waals surface area (Å²) in [6, 6.07) is 7.81. The van der Waals surface area contributed by atoms with Crippen molar-refractivity contribution in [2.45, 2.75) is 38.9 Å². The first-order valence-electron chi connectivity index (χ1n) is 6.61. The van der Waals surface area contributed by atoms with E-state index in [1.807, 2.05) is 52.0 Å². The Bertz CT molecular complexity index is 595. The quantitative estimate of drug-likeness (QED) is 0.783. The van der Waals surface area contributed by atoms with Gasteiger partial charge in [0.2, 0.25) is 12.2 Å². The van der Waals surface area contributed by atoms with Crippen LogP contribution in [0.15, 0.2) is 35.2 Å². The summed E-state index contributed by atoms with van der Waals surface area (Å²) >= 11 is 0. The molecule has 104 valence electrons. The summed E-state index contributed by atoms with van der Waals surface area (Å²) in [5.41, 5.74) is 1.14. The summed E-state index contributed by atoms with van der Waals surface area (Å²) in [7, 11) is -0.383. The van der Waals surface area contributed by atoms with E-state index in [0.717, 1.165) is 11.0 Å². The zero-order chi connectivity index (χ0) is 14.4. The minimum atomic E-state index is -0.383. The lowest BCUT2D eigenvalue weighted by molar-refractivity contribution is 0.00578. The molecule has 2 heterocycles. The van der Waals surface area contributed by atoms with Crippen LogP contribution in [-0.2, 0) is 9.31 Å². The molecule has 0 radical (unpaired) electrons. The highest BCUT2D eigenvalue weighted by Gasteiger charge is 2.51. The monoisotopic (exact) mass is 272 g/mol. The number of hydrogen-bond acceptors (Lipinski definition) is 5. The van der Waals surface area contributed by atoms with E-state index in [9.17, 15) is 0 Å². The van der Waals surface area contributed by atoms with Crippen LogP contribution in [0.5, 0.6) is 0 Å². The molecule has 0 spiro atoms. The fourth-order valence-corrected chi connectivity index (χ4v) is 2.10. The Morgan fingerprint density at radius 1 is 1.05 bits per heavy atom. The average Bonchev–Trinajstić information content (AvgIpc) is 2.97. The standard InChI is InChI=1S/C14H17BN2O3/c1-13(2)14(3,4)20-15(19-13)11-7-5-6-10(8-11)12-16-9-18-17-12/h5-9H,1-4H3. The Morgan fingerprint density at radius 3 is 2.35 bits per heavy atom. The fourth-order valence-electron chi connectivity index (χ4n) is 2.10. The van der Waals surface area contributed by atoms with E-state index in [0.29, 0.717) is 5.82 Å². The molecule has 1 aliphatic rings. The van der Waals surface area contributed by atoms with Gasteiger partial charge in [-0.25, -0.2) is 0 Å². The van der Waals surface area contributed by atoms with Crippen LogP contribution in [0, 0.1) is 0 Å². The molecule has 0 saturated carbocycles. The maximum atomic E-state index is 6.04. The molecule has 20 heavy (non-hydrogen) atoms. The van der Waals surface area contributed by atoms with E-state index in [1.165, 1.54) is 6.39 Å². The van der Waals surface area contributed by atoms with E-state index < -0.39 is 0 Å². The van der Waals surface area contributed by atoms with Crippen molar-refractivity contribution in [3.05, 3.63) is 30.7 Å². The minimum Gasteiger partial charge on any atom is -0.399 e. The average molecular weight is 272 g/mol. The lowest BCUT2D eigenvalue weighted by Gasteiger charge is -2.32. The third kappa shape index (κ3) is 2.15. The van der Waals surface area contributed by atoms with Gasteiger partial charge in [-0.05, 0) is 33.2 Å². The maximum Gasteiger partial charge on any atom is 0.494 e. The van der Waals surface area contributed by atoms with Crippen LogP contribution < -0.4 is 5.46 Å². The Labute approximate surface area is 118 Å². The van der Waals surface area contributed by atoms with E-state index >= 15 is 0 Å². The number of nitrogens with zero attached hydrogens (tertiary/aromatic N) is 2. The number of benzene rings is 1. The smallest absolute Gasteiger partial charge is 0.399 e. The zero-order valence-electron chi connectivity index (χ0n) is 12.1. The molecule has 0 amide bonds. The van der Waals surface area contributed by atoms with Crippen LogP contribution in [0.2, 0.25) is 0 Å². The molecule has 3 rings (SSSR count). The lowest BCUT2D eigenvalue weighted by Crippen LogP contribution is -2.41. The highest BCUT2D eigenvalue weighted by Crippen LogP contribution is 2.36. The summed E-state index contributed by atoms with van der Waals surface area (Å²) in [6.45, 7) is 8.15. The third-order valence-corrected chi connectivity index (χ3v) is 4.03. The van der Waals surface area contributed by atoms with Gasteiger partial charge in [0.1, 0.15) is 0 Å². The van der Waals surface area contributed by atoms with Crippen LogP contribution in [0.3, 0.4) is 0 Å². The Hall–Kier alpha value is -1.66. The molecule has 0 bridgehead atoms. The molecule has 5 nitrogen and oxygen atoms in total. The van der Waals surface area contributed by atoms with Crippen LogP contribution in [0.25, 0.3) is 11.4 Å². The molecule has 6 heteroatoms. The molecule has 0 atom stereocenters. The van der Waals surface area contributed by atoms with Gasteiger partial charge in [-0.2, -0.15) is 4.98 Å². The van der Waals surface area contributed by atoms with Gasteiger partial charge in [0.05, 0.1) is 11.2 Å². The van der Waals surface area contributed by atoms with Gasteiger partial charge in [-0.15, -0.1) is 0 Å². The largest absolute Gasteiger partial charge is 0.494 e. The molecule has 1 aliphatic heterocycles. The zero-order valence-corrected chi connectivity index (χ0v) is 12.1. The Kier molecular flexibility index (Phi) is 2.95. The maximum absolute atomic E-state index is 6.04. The second-order valence-electron chi connectivity index (χ2n) is 5.97. The summed E-state index contributed by atoms with van der Waals surface area (Å²) in [6.07, 6.45) is 1.32. The lowest BCUT2D eigenvalue weighted by atomic mass is 9.78. The molecule has 1 saturated heterocycles. The predicted molar refractivity (Wildman–Crippen MR) is 75.5 cm³/mol. The van der Waals surface area contributed by atoms with Crippen molar-refractivity contribution in [2.75, 3.05) is 0 Å². The van der Waals surface area contributed by atoms with E-state index in [1.54, 1.807) is 0 Å². The van der Waals surface area contributed by atoms with Crippen molar-refractivity contribution in [3.63, 3.8) is 0 Å². The first-order chi connectivity index (χ1) is 9.39. The molecular formula is C14H17BN2O3. The van der Waals surface area contributed by atoms with Crippen molar-refractivity contribution >= 4 is 12.6 Å². The van der Waals surface area contributed by atoms with Gasteiger partial charge < -0.3 is 13.8 Å². The highest BCUT2D eigenvalue weighted by molar-refractivity contribution is 6.62. The van der Waals surface area contributed by atoms with E-state index in [-0.39, 0.29) is 18.3 Å². The second-order valence-corrected chi connectivity index (χ2v) is 5.97. The summed E-state index contributed by atoms with van der Waals surface area (Å²) < 4.78 is 16.8. The van der Waals surface area contributed by atoms with Crippen LogP contribution in [-0.4, -0.2) is 28.5 Å². The molecule has 0 N–H and O–H groups in total. The molecule has 2 aromatic rings. The van der Waals surface area contributed by atoms with Gasteiger partial charge in [-0.1, -0.05) is 29.4 Å². The van der Waals surface area contributed by atoms with Crippen molar-refractivity contribution in [3.8, 4) is 11.4 Å². The van der Waals surface area contributed by atoms with Crippen LogP contribution >= 0.6 is 0 Å². The van der Waals surface area contributed by atoms with E-state index in [4.69, 9.17) is 13.8 Å². The Balaban J connectivity index is 1.91. The minimum absolute atomic E-state index is 0.347. The number of aromatic nitrogens is 2. The predicted octanol–water partition coefficient (Wildman–Crippen LogP) is 2.04. The molecular weight excluding hydrogens is 255 g/mol. The van der Waals surface area contributed by atoms with Crippen molar-refractivity contribution in [1.82, 2.24) is 10.1 Å². The van der Waals surface area contributed by atoms with Gasteiger partial charge in [0.25, 0.3) is 0 Å². The number of rotatable bonds is 2. The molecule has 1 aromatic carbocycles. The fraction of sp³-hybridized carbons (Fsp3) is 0.429. The van der Waals surface area contributed by atoms with Crippen molar-refractivity contribution in [2.24, 2.45) is 0 Å². The SMILES string of the molecule is CC1(C)OB(c2cccc(-c3ncon3)c2)OC1(C)C. The van der Waals surface area contributed by atoms with Crippen molar-refractivity contribution in [1.29, 1.82) is 0 Å². The summed E-state index contributed by atoms with van der Waals surface area (Å²) in [5.74, 6) is 0.559. The first-order valence-corrected chi connectivity index (χ1v) is 6.61.